The first kappa shape index (κ1) is 12.4. The molecule has 0 aliphatic heterocycles. The topological polar surface area (TPSA) is 43.1 Å². The second-order valence-electron chi connectivity index (χ2n) is 5.29. The van der Waals surface area contributed by atoms with Crippen LogP contribution in [0.5, 0.6) is 0 Å². The minimum absolute atomic E-state index is 0.0742. The van der Waals surface area contributed by atoms with E-state index in [4.69, 9.17) is 5.73 Å². The highest BCUT2D eigenvalue weighted by Gasteiger charge is 2.26. The first-order valence-corrected chi connectivity index (χ1v) is 7.48. The van der Waals surface area contributed by atoms with Crippen LogP contribution >= 0.6 is 11.3 Å². The van der Waals surface area contributed by atoms with Crippen LogP contribution in [0.4, 0.5) is 5.00 Å². The van der Waals surface area contributed by atoms with E-state index in [1.807, 2.05) is 30.3 Å². The third-order valence-electron chi connectivity index (χ3n) is 3.80. The molecule has 1 aromatic carbocycles. The number of benzene rings is 1. The van der Waals surface area contributed by atoms with Crippen molar-refractivity contribution in [2.45, 2.75) is 26.2 Å². The SMILES string of the molecule is CC1CCc2c(sc(N)c2C(=O)c2ccccc2)C1. The van der Waals surface area contributed by atoms with E-state index in [2.05, 4.69) is 6.92 Å². The van der Waals surface area contributed by atoms with Crippen LogP contribution in [0.15, 0.2) is 30.3 Å². The summed E-state index contributed by atoms with van der Waals surface area (Å²) in [7, 11) is 0. The Bertz CT molecular complexity index is 615. The molecule has 98 valence electrons. The summed E-state index contributed by atoms with van der Waals surface area (Å²) in [6.45, 7) is 2.26. The summed E-state index contributed by atoms with van der Waals surface area (Å²) in [4.78, 5) is 13.9. The van der Waals surface area contributed by atoms with Gasteiger partial charge in [-0.2, -0.15) is 0 Å². The number of carbonyl (C=O) groups excluding carboxylic acids is 1. The highest BCUT2D eigenvalue weighted by Crippen LogP contribution is 2.38. The Morgan fingerprint density at radius 1 is 1.32 bits per heavy atom. The molecule has 2 aromatic rings. The van der Waals surface area contributed by atoms with Crippen molar-refractivity contribution in [3.8, 4) is 0 Å². The van der Waals surface area contributed by atoms with Crippen LogP contribution in [0, 0.1) is 5.92 Å². The van der Waals surface area contributed by atoms with Gasteiger partial charge in [0.15, 0.2) is 5.78 Å². The van der Waals surface area contributed by atoms with Gasteiger partial charge in [0.25, 0.3) is 0 Å². The van der Waals surface area contributed by atoms with Crippen LogP contribution in [0.25, 0.3) is 0 Å². The van der Waals surface area contributed by atoms with E-state index in [0.717, 1.165) is 30.4 Å². The van der Waals surface area contributed by atoms with Gasteiger partial charge in [-0.05, 0) is 30.7 Å². The van der Waals surface area contributed by atoms with Gasteiger partial charge in [0.05, 0.1) is 10.6 Å². The Morgan fingerprint density at radius 3 is 2.79 bits per heavy atom. The zero-order chi connectivity index (χ0) is 13.4. The van der Waals surface area contributed by atoms with E-state index in [0.29, 0.717) is 10.9 Å². The van der Waals surface area contributed by atoms with Crippen molar-refractivity contribution < 1.29 is 4.79 Å². The summed E-state index contributed by atoms with van der Waals surface area (Å²) in [5.74, 6) is 0.774. The number of anilines is 1. The number of fused-ring (bicyclic) bond motifs is 1. The number of hydrogen-bond acceptors (Lipinski definition) is 3. The van der Waals surface area contributed by atoms with Crippen molar-refractivity contribution in [1.82, 2.24) is 0 Å². The molecular formula is C16H17NOS. The van der Waals surface area contributed by atoms with Crippen molar-refractivity contribution in [2.24, 2.45) is 5.92 Å². The largest absolute Gasteiger partial charge is 0.390 e. The normalized spacial score (nSPS) is 18.1. The van der Waals surface area contributed by atoms with Crippen molar-refractivity contribution in [2.75, 3.05) is 5.73 Å². The van der Waals surface area contributed by atoms with E-state index in [9.17, 15) is 4.79 Å². The molecule has 1 aromatic heterocycles. The average molecular weight is 271 g/mol. The van der Waals surface area contributed by atoms with Gasteiger partial charge in [-0.25, -0.2) is 0 Å². The van der Waals surface area contributed by atoms with Crippen molar-refractivity contribution in [3.05, 3.63) is 51.9 Å². The predicted octanol–water partition coefficient (Wildman–Crippen LogP) is 3.69. The van der Waals surface area contributed by atoms with Crippen LogP contribution < -0.4 is 5.73 Å². The summed E-state index contributed by atoms with van der Waals surface area (Å²) < 4.78 is 0. The predicted molar refractivity (Wildman–Crippen MR) is 79.8 cm³/mol. The molecule has 0 bridgehead atoms. The first-order valence-electron chi connectivity index (χ1n) is 6.66. The highest BCUT2D eigenvalue weighted by molar-refractivity contribution is 7.16. The minimum Gasteiger partial charge on any atom is -0.390 e. The van der Waals surface area contributed by atoms with Crippen molar-refractivity contribution in [3.63, 3.8) is 0 Å². The molecule has 0 spiro atoms. The Balaban J connectivity index is 2.04. The molecule has 0 fully saturated rings. The van der Waals surface area contributed by atoms with Gasteiger partial charge in [-0.1, -0.05) is 37.3 Å². The van der Waals surface area contributed by atoms with Gasteiger partial charge in [-0.3, -0.25) is 4.79 Å². The van der Waals surface area contributed by atoms with Crippen LogP contribution in [-0.2, 0) is 12.8 Å². The number of rotatable bonds is 2. The van der Waals surface area contributed by atoms with E-state index >= 15 is 0 Å². The smallest absolute Gasteiger partial charge is 0.196 e. The molecule has 3 rings (SSSR count). The molecule has 0 saturated heterocycles. The van der Waals surface area contributed by atoms with Crippen molar-refractivity contribution in [1.29, 1.82) is 0 Å². The molecule has 1 aliphatic rings. The van der Waals surface area contributed by atoms with E-state index in [-0.39, 0.29) is 5.78 Å². The Kier molecular flexibility index (Phi) is 3.15. The second kappa shape index (κ2) is 4.82. The van der Waals surface area contributed by atoms with Crippen LogP contribution in [0.1, 0.15) is 39.7 Å². The fourth-order valence-corrected chi connectivity index (χ4v) is 4.03. The van der Waals surface area contributed by atoms with Crippen LogP contribution in [0.2, 0.25) is 0 Å². The van der Waals surface area contributed by atoms with Gasteiger partial charge in [0.2, 0.25) is 0 Å². The molecule has 1 atom stereocenters. The van der Waals surface area contributed by atoms with Crippen LogP contribution in [0.3, 0.4) is 0 Å². The number of nitrogens with two attached hydrogens (primary N) is 1. The Hall–Kier alpha value is -1.61. The lowest BCUT2D eigenvalue weighted by Crippen LogP contribution is -2.13. The standard InChI is InChI=1S/C16H17NOS/c1-10-7-8-12-13(9-10)19-16(17)14(12)15(18)11-5-3-2-4-6-11/h2-6,10H,7-9,17H2,1H3. The average Bonchev–Trinajstić information content (AvgIpc) is 2.74. The lowest BCUT2D eigenvalue weighted by Gasteiger charge is -2.18. The summed E-state index contributed by atoms with van der Waals surface area (Å²) >= 11 is 1.60. The summed E-state index contributed by atoms with van der Waals surface area (Å²) in [5, 5.41) is 0.688. The van der Waals surface area contributed by atoms with Crippen molar-refractivity contribution >= 4 is 22.1 Å². The Labute approximate surface area is 117 Å². The fourth-order valence-electron chi connectivity index (χ4n) is 2.75. The lowest BCUT2D eigenvalue weighted by molar-refractivity contribution is 0.103. The van der Waals surface area contributed by atoms with Gasteiger partial charge < -0.3 is 5.73 Å². The molecule has 1 aliphatic carbocycles. The molecule has 0 saturated carbocycles. The van der Waals surface area contributed by atoms with E-state index < -0.39 is 0 Å². The molecule has 19 heavy (non-hydrogen) atoms. The molecule has 2 nitrogen and oxygen atoms in total. The van der Waals surface area contributed by atoms with Gasteiger partial charge in [-0.15, -0.1) is 11.3 Å². The maximum Gasteiger partial charge on any atom is 0.196 e. The fraction of sp³-hybridized carbons (Fsp3) is 0.312. The summed E-state index contributed by atoms with van der Waals surface area (Å²) in [6, 6.07) is 9.42. The molecular weight excluding hydrogens is 254 g/mol. The maximum atomic E-state index is 12.6. The first-order chi connectivity index (χ1) is 9.16. The molecule has 3 heteroatoms. The molecule has 1 unspecified atom stereocenters. The molecule has 2 N–H and O–H groups in total. The number of nitrogen functional groups attached to an aromatic ring is 1. The number of carbonyl (C=O) groups is 1. The maximum absolute atomic E-state index is 12.6. The van der Waals surface area contributed by atoms with Crippen LogP contribution in [-0.4, -0.2) is 5.78 Å². The third-order valence-corrected chi connectivity index (χ3v) is 4.89. The van der Waals surface area contributed by atoms with E-state index in [1.54, 1.807) is 11.3 Å². The summed E-state index contributed by atoms with van der Waals surface area (Å²) in [5.41, 5.74) is 8.80. The minimum atomic E-state index is 0.0742. The second-order valence-corrected chi connectivity index (χ2v) is 6.42. The monoisotopic (exact) mass is 271 g/mol. The van der Waals surface area contributed by atoms with Gasteiger partial charge in [0.1, 0.15) is 0 Å². The number of thiophene rings is 1. The third kappa shape index (κ3) is 2.19. The molecule has 0 radical (unpaired) electrons. The Morgan fingerprint density at radius 2 is 2.05 bits per heavy atom. The molecule has 0 amide bonds. The number of ketones is 1. The number of hydrogen-bond donors (Lipinski definition) is 1. The summed E-state index contributed by atoms with van der Waals surface area (Å²) in [6.07, 6.45) is 3.20. The van der Waals surface area contributed by atoms with Gasteiger partial charge in [0, 0.05) is 10.4 Å². The van der Waals surface area contributed by atoms with E-state index in [1.165, 1.54) is 10.4 Å². The quantitative estimate of drug-likeness (QED) is 0.847. The zero-order valence-electron chi connectivity index (χ0n) is 11.0. The van der Waals surface area contributed by atoms with Gasteiger partial charge >= 0.3 is 0 Å². The molecule has 1 heterocycles. The lowest BCUT2D eigenvalue weighted by atomic mass is 9.87. The zero-order valence-corrected chi connectivity index (χ0v) is 11.8. The highest BCUT2D eigenvalue weighted by atomic mass is 32.1.